The van der Waals surface area contributed by atoms with Crippen LogP contribution < -0.4 is 10.2 Å². The fourth-order valence-electron chi connectivity index (χ4n) is 2.00. The summed E-state index contributed by atoms with van der Waals surface area (Å²) in [7, 11) is 1.96. The van der Waals surface area contributed by atoms with Crippen LogP contribution in [0.2, 0.25) is 0 Å². The number of non-ortho nitro benzene ring substituents is 1. The van der Waals surface area contributed by atoms with Gasteiger partial charge in [0, 0.05) is 40.7 Å². The van der Waals surface area contributed by atoms with Crippen molar-refractivity contribution in [1.82, 2.24) is 0 Å². The highest BCUT2D eigenvalue weighted by Crippen LogP contribution is 2.22. The third kappa shape index (κ3) is 4.19. The first kappa shape index (κ1) is 17.2. The SMILES string of the molecule is CCN(C)c1cccc(NC(=O)c2cc([N+](=O)[O-])ccc2I)c1. The van der Waals surface area contributed by atoms with E-state index in [2.05, 4.69) is 5.32 Å². The van der Waals surface area contributed by atoms with E-state index in [1.165, 1.54) is 12.1 Å². The van der Waals surface area contributed by atoms with Crippen molar-refractivity contribution >= 4 is 45.6 Å². The van der Waals surface area contributed by atoms with E-state index in [1.54, 1.807) is 12.1 Å². The van der Waals surface area contributed by atoms with Gasteiger partial charge in [-0.2, -0.15) is 0 Å². The molecule has 0 radical (unpaired) electrons. The molecule has 120 valence electrons. The zero-order valence-electron chi connectivity index (χ0n) is 12.7. The lowest BCUT2D eigenvalue weighted by atomic mass is 10.2. The molecule has 0 spiro atoms. The van der Waals surface area contributed by atoms with Crippen LogP contribution in [0.1, 0.15) is 17.3 Å². The second-order valence-corrected chi connectivity index (χ2v) is 6.10. The van der Waals surface area contributed by atoms with E-state index in [9.17, 15) is 14.9 Å². The van der Waals surface area contributed by atoms with Crippen LogP contribution in [-0.4, -0.2) is 24.4 Å². The van der Waals surface area contributed by atoms with Gasteiger partial charge in [0.05, 0.1) is 10.5 Å². The predicted molar refractivity (Wildman–Crippen MR) is 99.2 cm³/mol. The van der Waals surface area contributed by atoms with E-state index in [4.69, 9.17) is 0 Å². The first-order valence-electron chi connectivity index (χ1n) is 6.99. The van der Waals surface area contributed by atoms with Crippen LogP contribution >= 0.6 is 22.6 Å². The van der Waals surface area contributed by atoms with Gasteiger partial charge in [-0.1, -0.05) is 6.07 Å². The zero-order chi connectivity index (χ0) is 17.0. The molecule has 2 rings (SSSR count). The molecule has 0 saturated carbocycles. The molecule has 6 nitrogen and oxygen atoms in total. The van der Waals surface area contributed by atoms with Crippen LogP contribution in [-0.2, 0) is 0 Å². The second kappa shape index (κ2) is 7.40. The molecular formula is C16H16IN3O3. The number of hydrogen-bond acceptors (Lipinski definition) is 4. The van der Waals surface area contributed by atoms with Crippen LogP contribution in [0.5, 0.6) is 0 Å². The molecule has 2 aromatic rings. The van der Waals surface area contributed by atoms with Crippen molar-refractivity contribution in [2.75, 3.05) is 23.8 Å². The Labute approximate surface area is 147 Å². The van der Waals surface area contributed by atoms with Crippen molar-refractivity contribution in [3.05, 3.63) is 61.7 Å². The fraction of sp³-hybridized carbons (Fsp3) is 0.188. The average Bonchev–Trinajstić information content (AvgIpc) is 2.54. The summed E-state index contributed by atoms with van der Waals surface area (Å²) in [6, 6.07) is 11.7. The van der Waals surface area contributed by atoms with Crippen LogP contribution in [0, 0.1) is 13.7 Å². The molecule has 0 heterocycles. The Morgan fingerprint density at radius 3 is 2.70 bits per heavy atom. The Morgan fingerprint density at radius 1 is 1.30 bits per heavy atom. The monoisotopic (exact) mass is 425 g/mol. The highest BCUT2D eigenvalue weighted by molar-refractivity contribution is 14.1. The maximum Gasteiger partial charge on any atom is 0.270 e. The molecule has 0 unspecified atom stereocenters. The number of anilines is 2. The van der Waals surface area contributed by atoms with E-state index in [0.717, 1.165) is 12.2 Å². The molecule has 0 aliphatic rings. The number of rotatable bonds is 5. The molecule has 1 N–H and O–H groups in total. The van der Waals surface area contributed by atoms with Crippen LogP contribution in [0.4, 0.5) is 17.1 Å². The summed E-state index contributed by atoms with van der Waals surface area (Å²) in [6.45, 7) is 2.89. The Morgan fingerprint density at radius 2 is 2.04 bits per heavy atom. The Balaban J connectivity index is 2.26. The molecule has 0 atom stereocenters. The summed E-state index contributed by atoms with van der Waals surface area (Å²) in [5, 5.41) is 13.7. The van der Waals surface area contributed by atoms with E-state index in [-0.39, 0.29) is 17.2 Å². The smallest absolute Gasteiger partial charge is 0.270 e. The van der Waals surface area contributed by atoms with Gasteiger partial charge in [-0.3, -0.25) is 14.9 Å². The number of nitrogens with zero attached hydrogens (tertiary/aromatic N) is 2. The molecule has 1 amide bonds. The third-order valence-corrected chi connectivity index (χ3v) is 4.37. The molecule has 2 aromatic carbocycles. The van der Waals surface area contributed by atoms with Gasteiger partial charge in [-0.05, 0) is 53.8 Å². The van der Waals surface area contributed by atoms with Crippen molar-refractivity contribution in [3.8, 4) is 0 Å². The topological polar surface area (TPSA) is 75.5 Å². The standard InChI is InChI=1S/C16H16IN3O3/c1-3-19(2)12-6-4-5-11(9-12)18-16(21)14-10-13(20(22)23)7-8-15(14)17/h4-10H,3H2,1-2H3,(H,18,21). The highest BCUT2D eigenvalue weighted by atomic mass is 127. The number of hydrogen-bond donors (Lipinski definition) is 1. The molecule has 0 fully saturated rings. The van der Waals surface area contributed by atoms with Crippen molar-refractivity contribution in [2.24, 2.45) is 0 Å². The summed E-state index contributed by atoms with van der Waals surface area (Å²) in [4.78, 5) is 24.8. The molecule has 0 aliphatic heterocycles. The van der Waals surface area contributed by atoms with Crippen molar-refractivity contribution in [1.29, 1.82) is 0 Å². The van der Waals surface area contributed by atoms with Gasteiger partial charge in [-0.15, -0.1) is 0 Å². The summed E-state index contributed by atoms with van der Waals surface area (Å²) >= 11 is 1.99. The highest BCUT2D eigenvalue weighted by Gasteiger charge is 2.16. The second-order valence-electron chi connectivity index (χ2n) is 4.94. The van der Waals surface area contributed by atoms with Crippen molar-refractivity contribution < 1.29 is 9.72 Å². The molecule has 23 heavy (non-hydrogen) atoms. The minimum Gasteiger partial charge on any atom is -0.375 e. The Kier molecular flexibility index (Phi) is 5.54. The first-order valence-corrected chi connectivity index (χ1v) is 8.06. The normalized spacial score (nSPS) is 10.2. The van der Waals surface area contributed by atoms with Gasteiger partial charge in [0.15, 0.2) is 0 Å². The third-order valence-electron chi connectivity index (χ3n) is 3.42. The van der Waals surface area contributed by atoms with Gasteiger partial charge in [0.1, 0.15) is 0 Å². The lowest BCUT2D eigenvalue weighted by molar-refractivity contribution is -0.384. The number of nitrogens with one attached hydrogen (secondary N) is 1. The lowest BCUT2D eigenvalue weighted by Gasteiger charge is -2.17. The minimum atomic E-state index is -0.510. The fourth-order valence-corrected chi connectivity index (χ4v) is 2.58. The summed E-state index contributed by atoms with van der Waals surface area (Å²) in [5.74, 6) is -0.366. The Bertz CT molecular complexity index is 749. The van der Waals surface area contributed by atoms with Crippen molar-refractivity contribution in [2.45, 2.75) is 6.92 Å². The van der Waals surface area contributed by atoms with E-state index in [0.29, 0.717) is 9.26 Å². The summed E-state index contributed by atoms with van der Waals surface area (Å²) in [6.07, 6.45) is 0. The molecule has 0 bridgehead atoms. The Hall–Kier alpha value is -2.16. The molecule has 0 aliphatic carbocycles. The van der Waals surface area contributed by atoms with Gasteiger partial charge in [-0.25, -0.2) is 0 Å². The quantitative estimate of drug-likeness (QED) is 0.448. The maximum absolute atomic E-state index is 12.4. The average molecular weight is 425 g/mol. The van der Waals surface area contributed by atoms with Crippen molar-refractivity contribution in [3.63, 3.8) is 0 Å². The number of nitro benzene ring substituents is 1. The lowest BCUT2D eigenvalue weighted by Crippen LogP contribution is -2.17. The first-order chi connectivity index (χ1) is 10.9. The number of halogens is 1. The number of amides is 1. The largest absolute Gasteiger partial charge is 0.375 e. The number of carbonyl (C=O) groups excluding carboxylic acids is 1. The van der Waals surface area contributed by atoms with Gasteiger partial charge >= 0.3 is 0 Å². The van der Waals surface area contributed by atoms with Gasteiger partial charge in [0.2, 0.25) is 0 Å². The maximum atomic E-state index is 12.4. The van der Waals surface area contributed by atoms with Gasteiger partial charge in [0.25, 0.3) is 11.6 Å². The number of carbonyl (C=O) groups is 1. The zero-order valence-corrected chi connectivity index (χ0v) is 14.9. The van der Waals surface area contributed by atoms with Crippen LogP contribution in [0.3, 0.4) is 0 Å². The summed E-state index contributed by atoms with van der Waals surface area (Å²) in [5.41, 5.74) is 1.82. The minimum absolute atomic E-state index is 0.102. The van der Waals surface area contributed by atoms with E-state index >= 15 is 0 Å². The van der Waals surface area contributed by atoms with Crippen LogP contribution in [0.25, 0.3) is 0 Å². The van der Waals surface area contributed by atoms with Gasteiger partial charge < -0.3 is 10.2 Å². The summed E-state index contributed by atoms with van der Waals surface area (Å²) < 4.78 is 0.660. The van der Waals surface area contributed by atoms with E-state index in [1.807, 2.05) is 59.7 Å². The molecule has 0 saturated heterocycles. The molecular weight excluding hydrogens is 409 g/mol. The number of nitro groups is 1. The van der Waals surface area contributed by atoms with E-state index < -0.39 is 4.92 Å². The van der Waals surface area contributed by atoms with Crippen LogP contribution in [0.15, 0.2) is 42.5 Å². The molecule has 7 heteroatoms. The molecule has 0 aromatic heterocycles. The predicted octanol–water partition coefficient (Wildman–Crippen LogP) is 3.91. The number of benzene rings is 2.